The first-order chi connectivity index (χ1) is 20.1. The van der Waals surface area contributed by atoms with Gasteiger partial charge in [0.2, 0.25) is 0 Å². The monoisotopic (exact) mass is 583 g/mol. The first kappa shape index (κ1) is 27.5. The molecule has 6 rings (SSSR count). The lowest BCUT2D eigenvalue weighted by atomic mass is 10.1. The number of carbonyl (C=O) groups is 1. The number of aryl methyl sites for hydroxylation is 1. The summed E-state index contributed by atoms with van der Waals surface area (Å²) in [6.45, 7) is 4.19. The van der Waals surface area contributed by atoms with Crippen molar-refractivity contribution in [2.24, 2.45) is 0 Å². The first-order valence-electron chi connectivity index (χ1n) is 13.8. The van der Waals surface area contributed by atoms with E-state index in [4.69, 9.17) is 4.74 Å². The molecular weight excluding hydrogens is 555 g/mol. The van der Waals surface area contributed by atoms with Gasteiger partial charge in [-0.15, -0.1) is 0 Å². The Morgan fingerprint density at radius 1 is 1.17 bits per heavy atom. The van der Waals surface area contributed by atoms with E-state index in [1.807, 2.05) is 6.92 Å². The second kappa shape index (κ2) is 10.3. The van der Waals surface area contributed by atoms with Gasteiger partial charge in [0.25, 0.3) is 11.5 Å². The fraction of sp³-hybridized carbons (Fsp3) is 0.393. The van der Waals surface area contributed by atoms with E-state index >= 15 is 0 Å². The minimum absolute atomic E-state index is 0.000431. The molecule has 0 bridgehead atoms. The SMILES string of the molecule is CCN(C(=O)c1ccc(C(F)(F)F)nc1)C1=CC=C(c2nc3c([nH]2)c(=O)n(C2CCCC2)c(=O)n3CC)C2=COCN21. The summed E-state index contributed by atoms with van der Waals surface area (Å²) < 4.78 is 47.3. The minimum atomic E-state index is -4.61. The lowest BCUT2D eigenvalue weighted by molar-refractivity contribution is -0.141. The van der Waals surface area contributed by atoms with E-state index in [1.165, 1.54) is 20.3 Å². The van der Waals surface area contributed by atoms with E-state index in [-0.39, 0.29) is 41.7 Å². The molecule has 0 unspecified atom stereocenters. The van der Waals surface area contributed by atoms with Crippen LogP contribution in [0.3, 0.4) is 0 Å². The first-order valence-corrected chi connectivity index (χ1v) is 13.8. The highest BCUT2D eigenvalue weighted by molar-refractivity contribution is 5.95. The molecule has 1 saturated carbocycles. The molecule has 1 fully saturated rings. The van der Waals surface area contributed by atoms with Crippen LogP contribution in [0.4, 0.5) is 13.2 Å². The van der Waals surface area contributed by atoms with Gasteiger partial charge in [-0.3, -0.25) is 33.5 Å². The normalized spacial score (nSPS) is 17.2. The molecule has 0 saturated heterocycles. The van der Waals surface area contributed by atoms with Crippen LogP contribution in [0.2, 0.25) is 0 Å². The van der Waals surface area contributed by atoms with E-state index in [0.29, 0.717) is 29.5 Å². The zero-order valence-electron chi connectivity index (χ0n) is 22.9. The van der Waals surface area contributed by atoms with Crippen molar-refractivity contribution < 1.29 is 22.7 Å². The number of fused-ring (bicyclic) bond motifs is 2. The Morgan fingerprint density at radius 3 is 2.57 bits per heavy atom. The summed E-state index contributed by atoms with van der Waals surface area (Å²) in [5.74, 6) is 0.266. The van der Waals surface area contributed by atoms with Gasteiger partial charge in [0, 0.05) is 30.9 Å². The summed E-state index contributed by atoms with van der Waals surface area (Å²) in [4.78, 5) is 54.5. The number of nitrogens with zero attached hydrogens (tertiary/aromatic N) is 6. The van der Waals surface area contributed by atoms with Crippen LogP contribution < -0.4 is 11.2 Å². The highest BCUT2D eigenvalue weighted by Gasteiger charge is 2.35. The molecule has 5 heterocycles. The number of alkyl halides is 3. The van der Waals surface area contributed by atoms with E-state index in [0.717, 1.165) is 44.0 Å². The van der Waals surface area contributed by atoms with Gasteiger partial charge < -0.3 is 9.72 Å². The summed E-state index contributed by atoms with van der Waals surface area (Å²) in [5, 5.41) is 0. The number of hydrogen-bond donors (Lipinski definition) is 1. The maximum Gasteiger partial charge on any atom is 0.433 e. The Hall–Kier alpha value is -4.62. The topological polar surface area (TPSA) is 118 Å². The number of nitrogens with one attached hydrogen (secondary N) is 1. The van der Waals surface area contributed by atoms with Gasteiger partial charge in [0.05, 0.1) is 11.3 Å². The molecule has 0 aromatic carbocycles. The average Bonchev–Trinajstić information content (AvgIpc) is 3.75. The Bertz CT molecular complexity index is 1770. The zero-order chi connectivity index (χ0) is 29.8. The van der Waals surface area contributed by atoms with E-state index in [1.54, 1.807) is 24.0 Å². The van der Waals surface area contributed by atoms with Crippen LogP contribution in [0, 0.1) is 0 Å². The molecule has 3 aromatic rings. The maximum atomic E-state index is 13.5. The summed E-state index contributed by atoms with van der Waals surface area (Å²) in [5.41, 5.74) is -0.226. The number of H-pyrrole nitrogens is 1. The summed E-state index contributed by atoms with van der Waals surface area (Å²) >= 11 is 0. The van der Waals surface area contributed by atoms with Gasteiger partial charge in [0.15, 0.2) is 12.4 Å². The zero-order valence-corrected chi connectivity index (χ0v) is 22.9. The Labute approximate surface area is 237 Å². The van der Waals surface area contributed by atoms with Crippen molar-refractivity contribution in [2.75, 3.05) is 13.3 Å². The Balaban J connectivity index is 1.39. The quantitative estimate of drug-likeness (QED) is 0.467. The minimum Gasteiger partial charge on any atom is -0.478 e. The predicted molar refractivity (Wildman–Crippen MR) is 146 cm³/mol. The molecule has 14 heteroatoms. The van der Waals surface area contributed by atoms with Crippen molar-refractivity contribution in [1.82, 2.24) is 33.9 Å². The van der Waals surface area contributed by atoms with Gasteiger partial charge in [-0.25, -0.2) is 9.78 Å². The van der Waals surface area contributed by atoms with E-state index < -0.39 is 23.3 Å². The third kappa shape index (κ3) is 4.41. The highest BCUT2D eigenvalue weighted by atomic mass is 19.4. The van der Waals surface area contributed by atoms with Crippen molar-refractivity contribution >= 4 is 22.6 Å². The van der Waals surface area contributed by atoms with E-state index in [9.17, 15) is 27.6 Å². The number of pyridine rings is 1. The number of rotatable bonds is 6. The van der Waals surface area contributed by atoms with Crippen LogP contribution in [0.1, 0.15) is 67.4 Å². The summed E-state index contributed by atoms with van der Waals surface area (Å²) in [6, 6.07) is 1.73. The van der Waals surface area contributed by atoms with Crippen LogP contribution in [0.25, 0.3) is 16.7 Å². The van der Waals surface area contributed by atoms with E-state index in [2.05, 4.69) is 15.0 Å². The molecule has 0 spiro atoms. The maximum absolute atomic E-state index is 13.5. The lowest BCUT2D eigenvalue weighted by Gasteiger charge is -2.34. The van der Waals surface area contributed by atoms with Crippen LogP contribution in [-0.4, -0.2) is 53.1 Å². The van der Waals surface area contributed by atoms with Gasteiger partial charge >= 0.3 is 11.9 Å². The van der Waals surface area contributed by atoms with Gasteiger partial charge in [-0.05, 0) is 51.0 Å². The molecule has 1 N–H and O–H groups in total. The summed E-state index contributed by atoms with van der Waals surface area (Å²) in [6.07, 6.45) is 4.68. The van der Waals surface area contributed by atoms with Crippen molar-refractivity contribution in [3.8, 4) is 0 Å². The number of imidazole rings is 1. The van der Waals surface area contributed by atoms with Crippen molar-refractivity contribution in [3.63, 3.8) is 0 Å². The van der Waals surface area contributed by atoms with Gasteiger partial charge in [-0.1, -0.05) is 12.8 Å². The number of ether oxygens (including phenoxy) is 1. The van der Waals surface area contributed by atoms with Crippen molar-refractivity contribution in [2.45, 2.75) is 58.3 Å². The number of amides is 1. The number of allylic oxidation sites excluding steroid dienone is 3. The predicted octanol–water partition coefficient (Wildman–Crippen LogP) is 3.97. The third-order valence-electron chi connectivity index (χ3n) is 7.85. The number of halogens is 3. The number of aromatic nitrogens is 5. The molecule has 0 radical (unpaired) electrons. The van der Waals surface area contributed by atoms with Crippen LogP contribution in [0.5, 0.6) is 0 Å². The molecule has 3 aliphatic rings. The van der Waals surface area contributed by atoms with Gasteiger partial charge in [0.1, 0.15) is 29.1 Å². The third-order valence-corrected chi connectivity index (χ3v) is 7.85. The van der Waals surface area contributed by atoms with Crippen molar-refractivity contribution in [1.29, 1.82) is 0 Å². The lowest BCUT2D eigenvalue weighted by Crippen LogP contribution is -2.41. The molecule has 42 heavy (non-hydrogen) atoms. The summed E-state index contributed by atoms with van der Waals surface area (Å²) in [7, 11) is 0. The number of hydrogen-bond acceptors (Lipinski definition) is 7. The van der Waals surface area contributed by atoms with Gasteiger partial charge in [-0.2, -0.15) is 13.2 Å². The fourth-order valence-electron chi connectivity index (χ4n) is 5.78. The number of carbonyl (C=O) groups excluding carboxylic acids is 1. The second-order valence-electron chi connectivity index (χ2n) is 10.2. The molecule has 11 nitrogen and oxygen atoms in total. The smallest absolute Gasteiger partial charge is 0.433 e. The fourth-order valence-corrected chi connectivity index (χ4v) is 5.78. The largest absolute Gasteiger partial charge is 0.478 e. The number of aromatic amines is 1. The highest BCUT2D eigenvalue weighted by Crippen LogP contribution is 2.36. The molecule has 1 amide bonds. The van der Waals surface area contributed by atoms with Crippen LogP contribution >= 0.6 is 0 Å². The Morgan fingerprint density at radius 2 is 1.93 bits per heavy atom. The molecular formula is C28H28F3N7O4. The molecule has 3 aromatic heterocycles. The second-order valence-corrected chi connectivity index (χ2v) is 10.2. The average molecular weight is 584 g/mol. The standard InChI is InChI=1S/C28H28F3N7O4/c1-3-35(25(39)16-9-11-20(32-13-16)28(29,30)31)21-12-10-18(19-14-42-15-37(19)21)23-33-22-24(34-23)36(4-2)27(41)38(26(22)40)17-7-5-6-8-17/h9-14,17H,3-8,15H2,1-2H3,(H,33,34). The Kier molecular flexibility index (Phi) is 6.78. The van der Waals surface area contributed by atoms with Crippen LogP contribution in [0.15, 0.2) is 57.9 Å². The molecule has 2 aliphatic heterocycles. The van der Waals surface area contributed by atoms with Crippen molar-refractivity contribution in [3.05, 3.63) is 86.2 Å². The van der Waals surface area contributed by atoms with Crippen LogP contribution in [-0.2, 0) is 17.5 Å². The molecule has 1 aliphatic carbocycles. The molecule has 220 valence electrons. The molecule has 0 atom stereocenters.